The molecule has 0 amide bonds. The van der Waals surface area contributed by atoms with E-state index in [9.17, 15) is 0 Å². The third kappa shape index (κ3) is 2.78. The van der Waals surface area contributed by atoms with Gasteiger partial charge < -0.3 is 10.6 Å². The zero-order valence-corrected chi connectivity index (χ0v) is 12.4. The van der Waals surface area contributed by atoms with Crippen molar-refractivity contribution in [3.63, 3.8) is 0 Å². The molecule has 2 aliphatic rings. The first-order chi connectivity index (χ1) is 9.28. The molecule has 1 aromatic rings. The summed E-state index contributed by atoms with van der Waals surface area (Å²) in [4.78, 5) is 6.06. The van der Waals surface area contributed by atoms with Crippen LogP contribution in [0.1, 0.15) is 43.9 Å². The maximum atomic E-state index is 4.51. The van der Waals surface area contributed by atoms with Crippen LogP contribution in [0, 0.1) is 0 Å². The highest BCUT2D eigenvalue weighted by Gasteiger charge is 2.35. The molecule has 1 unspecified atom stereocenters. The summed E-state index contributed by atoms with van der Waals surface area (Å²) in [5.41, 5.74) is 0.336. The van der Waals surface area contributed by atoms with Gasteiger partial charge in [0, 0.05) is 22.9 Å². The highest BCUT2D eigenvalue weighted by Crippen LogP contribution is 2.41. The largest absolute Gasteiger partial charge is 0.355 e. The van der Waals surface area contributed by atoms with Gasteiger partial charge in [-0.2, -0.15) is 0 Å². The van der Waals surface area contributed by atoms with Gasteiger partial charge >= 0.3 is 0 Å². The lowest BCUT2D eigenvalue weighted by atomic mass is 9.73. The van der Waals surface area contributed by atoms with Gasteiger partial charge in [-0.1, -0.05) is 25.3 Å². The van der Waals surface area contributed by atoms with Gasteiger partial charge in [0.15, 0.2) is 5.96 Å². The van der Waals surface area contributed by atoms with Gasteiger partial charge in [0.05, 0.1) is 6.54 Å². The fourth-order valence-corrected chi connectivity index (χ4v) is 4.22. The maximum Gasteiger partial charge on any atom is 0.191 e. The minimum atomic E-state index is 0.336. The molecule has 19 heavy (non-hydrogen) atoms. The van der Waals surface area contributed by atoms with Crippen LogP contribution in [0.25, 0.3) is 0 Å². The van der Waals surface area contributed by atoms with Gasteiger partial charge in [0.25, 0.3) is 0 Å². The highest BCUT2D eigenvalue weighted by atomic mass is 32.1. The first-order valence-corrected chi connectivity index (χ1v) is 8.25. The van der Waals surface area contributed by atoms with Crippen molar-refractivity contribution < 1.29 is 0 Å². The van der Waals surface area contributed by atoms with E-state index >= 15 is 0 Å². The van der Waals surface area contributed by atoms with Gasteiger partial charge in [-0.05, 0) is 31.2 Å². The topological polar surface area (TPSA) is 36.4 Å². The van der Waals surface area contributed by atoms with E-state index in [-0.39, 0.29) is 0 Å². The van der Waals surface area contributed by atoms with Crippen molar-refractivity contribution in [1.29, 1.82) is 0 Å². The summed E-state index contributed by atoms with van der Waals surface area (Å²) in [7, 11) is 0. The molecule has 4 heteroatoms. The van der Waals surface area contributed by atoms with Crippen molar-refractivity contribution in [2.75, 3.05) is 13.1 Å². The van der Waals surface area contributed by atoms with Crippen LogP contribution in [-0.4, -0.2) is 25.1 Å². The summed E-state index contributed by atoms with van der Waals surface area (Å²) in [5.74, 6) is 0.994. The Morgan fingerprint density at radius 3 is 2.89 bits per heavy atom. The predicted octanol–water partition coefficient (Wildman–Crippen LogP) is 2.89. The van der Waals surface area contributed by atoms with Gasteiger partial charge in [0.1, 0.15) is 0 Å². The van der Waals surface area contributed by atoms with Crippen LogP contribution >= 0.6 is 11.3 Å². The molecule has 1 aromatic heterocycles. The molecular weight excluding hydrogens is 254 g/mol. The van der Waals surface area contributed by atoms with Crippen LogP contribution in [-0.2, 0) is 5.41 Å². The van der Waals surface area contributed by atoms with E-state index in [4.69, 9.17) is 0 Å². The lowest BCUT2D eigenvalue weighted by molar-refractivity contribution is 0.296. The summed E-state index contributed by atoms with van der Waals surface area (Å²) in [5, 5.41) is 9.16. The Balaban J connectivity index is 1.70. The monoisotopic (exact) mass is 277 g/mol. The molecule has 0 spiro atoms. The summed E-state index contributed by atoms with van der Waals surface area (Å²) in [6, 6.07) is 4.97. The number of aliphatic imine (C=N–C) groups is 1. The van der Waals surface area contributed by atoms with E-state index in [0.717, 1.165) is 19.0 Å². The van der Waals surface area contributed by atoms with Crippen molar-refractivity contribution in [1.82, 2.24) is 10.6 Å². The Morgan fingerprint density at radius 1 is 1.42 bits per heavy atom. The SMILES string of the molecule is CC1CN=C(NCC2(c3cccs3)CCCCC2)N1. The quantitative estimate of drug-likeness (QED) is 0.891. The molecule has 0 radical (unpaired) electrons. The van der Waals surface area contributed by atoms with Crippen molar-refractivity contribution in [3.05, 3.63) is 22.4 Å². The molecule has 0 saturated heterocycles. The fourth-order valence-electron chi connectivity index (χ4n) is 3.23. The van der Waals surface area contributed by atoms with Gasteiger partial charge in [0.2, 0.25) is 0 Å². The Bertz CT molecular complexity index is 432. The van der Waals surface area contributed by atoms with E-state index in [1.54, 1.807) is 4.88 Å². The molecule has 1 saturated carbocycles. The Hall–Kier alpha value is -1.03. The fraction of sp³-hybridized carbons (Fsp3) is 0.667. The predicted molar refractivity (Wildman–Crippen MR) is 82.0 cm³/mol. The number of guanidine groups is 1. The van der Waals surface area contributed by atoms with Gasteiger partial charge in [-0.25, -0.2) is 0 Å². The van der Waals surface area contributed by atoms with Crippen molar-refractivity contribution in [2.24, 2.45) is 4.99 Å². The molecule has 1 fully saturated rings. The molecule has 3 nitrogen and oxygen atoms in total. The van der Waals surface area contributed by atoms with Gasteiger partial charge in [-0.3, -0.25) is 4.99 Å². The standard InChI is InChI=1S/C15H23N3S/c1-12-10-16-14(18-12)17-11-15(7-3-2-4-8-15)13-6-5-9-19-13/h5-6,9,12H,2-4,7-8,10-11H2,1H3,(H2,16,17,18). The van der Waals surface area contributed by atoms with E-state index < -0.39 is 0 Å². The Labute approximate surface area is 119 Å². The molecule has 1 aliphatic carbocycles. The average Bonchev–Trinajstić information content (AvgIpc) is 3.09. The molecule has 0 bridgehead atoms. The highest BCUT2D eigenvalue weighted by molar-refractivity contribution is 7.10. The summed E-state index contributed by atoms with van der Waals surface area (Å²) < 4.78 is 0. The second-order valence-corrected chi connectivity index (χ2v) is 6.85. The third-order valence-corrected chi connectivity index (χ3v) is 5.47. The second kappa shape index (κ2) is 5.53. The zero-order chi connectivity index (χ0) is 13.1. The smallest absolute Gasteiger partial charge is 0.191 e. The van der Waals surface area contributed by atoms with E-state index in [1.165, 1.54) is 32.1 Å². The van der Waals surface area contributed by atoms with E-state index in [1.807, 2.05) is 11.3 Å². The number of rotatable bonds is 3. The van der Waals surface area contributed by atoms with Crippen LogP contribution in [0.3, 0.4) is 0 Å². The number of hydrogen-bond acceptors (Lipinski definition) is 4. The molecule has 1 atom stereocenters. The van der Waals surface area contributed by atoms with Crippen molar-refractivity contribution >= 4 is 17.3 Å². The van der Waals surface area contributed by atoms with Crippen LogP contribution in [0.5, 0.6) is 0 Å². The Kier molecular flexibility index (Phi) is 3.78. The van der Waals surface area contributed by atoms with Crippen molar-refractivity contribution in [3.8, 4) is 0 Å². The molecule has 2 heterocycles. The van der Waals surface area contributed by atoms with Gasteiger partial charge in [-0.15, -0.1) is 11.3 Å². The average molecular weight is 277 g/mol. The van der Waals surface area contributed by atoms with E-state index in [2.05, 4.69) is 40.1 Å². The van der Waals surface area contributed by atoms with Crippen LogP contribution in [0.15, 0.2) is 22.5 Å². The normalized spacial score (nSPS) is 25.7. The minimum absolute atomic E-state index is 0.336. The third-order valence-electron chi connectivity index (χ3n) is 4.36. The minimum Gasteiger partial charge on any atom is -0.355 e. The lowest BCUT2D eigenvalue weighted by Crippen LogP contribution is -2.46. The first-order valence-electron chi connectivity index (χ1n) is 7.37. The molecule has 104 valence electrons. The number of thiophene rings is 1. The molecule has 2 N–H and O–H groups in total. The van der Waals surface area contributed by atoms with Crippen molar-refractivity contribution in [2.45, 2.75) is 50.5 Å². The molecular formula is C15H23N3S. The lowest BCUT2D eigenvalue weighted by Gasteiger charge is -2.37. The van der Waals surface area contributed by atoms with Crippen LogP contribution < -0.4 is 10.6 Å². The summed E-state index contributed by atoms with van der Waals surface area (Å²) >= 11 is 1.91. The number of nitrogens with one attached hydrogen (secondary N) is 2. The number of nitrogens with zero attached hydrogens (tertiary/aromatic N) is 1. The second-order valence-electron chi connectivity index (χ2n) is 5.91. The van der Waals surface area contributed by atoms with Crippen LogP contribution in [0.2, 0.25) is 0 Å². The maximum absolute atomic E-state index is 4.51. The Morgan fingerprint density at radius 2 is 2.26 bits per heavy atom. The first kappa shape index (κ1) is 13.0. The molecule has 3 rings (SSSR count). The summed E-state index contributed by atoms with van der Waals surface area (Å²) in [6.07, 6.45) is 6.72. The van der Waals surface area contributed by atoms with E-state index in [0.29, 0.717) is 11.5 Å². The molecule has 0 aromatic carbocycles. The van der Waals surface area contributed by atoms with Crippen LogP contribution in [0.4, 0.5) is 0 Å². The number of hydrogen-bond donors (Lipinski definition) is 2. The summed E-state index contributed by atoms with van der Waals surface area (Å²) in [6.45, 7) is 4.09. The zero-order valence-electron chi connectivity index (χ0n) is 11.6. The molecule has 1 aliphatic heterocycles.